The van der Waals surface area contributed by atoms with Crippen molar-refractivity contribution in [2.45, 2.75) is 38.6 Å². The van der Waals surface area contributed by atoms with Gasteiger partial charge in [0.1, 0.15) is 6.04 Å². The maximum atomic E-state index is 12.3. The lowest BCUT2D eigenvalue weighted by Crippen LogP contribution is -2.44. The first kappa shape index (κ1) is 13.8. The van der Waals surface area contributed by atoms with E-state index < -0.39 is 12.0 Å². The highest BCUT2D eigenvalue weighted by Crippen LogP contribution is 2.25. The highest BCUT2D eigenvalue weighted by atomic mass is 16.4. The summed E-state index contributed by atoms with van der Waals surface area (Å²) in [6.45, 7) is 3.59. The number of carboxylic acid groups (broad SMARTS) is 1. The van der Waals surface area contributed by atoms with Gasteiger partial charge in [-0.1, -0.05) is 6.92 Å². The second kappa shape index (κ2) is 5.59. The lowest BCUT2D eigenvalue weighted by Gasteiger charge is -2.24. The number of carbonyl (C=O) groups excluding carboxylic acids is 2. The van der Waals surface area contributed by atoms with Crippen molar-refractivity contribution in [2.24, 2.45) is 5.92 Å². The zero-order chi connectivity index (χ0) is 14.0. The Bertz CT molecular complexity index is 396. The molecule has 6 nitrogen and oxygen atoms in total. The minimum Gasteiger partial charge on any atom is -0.480 e. The highest BCUT2D eigenvalue weighted by molar-refractivity contribution is 5.91. The Kier molecular flexibility index (Phi) is 4.07. The van der Waals surface area contributed by atoms with Crippen molar-refractivity contribution in [3.8, 4) is 0 Å². The fourth-order valence-electron chi connectivity index (χ4n) is 2.95. The zero-order valence-electron chi connectivity index (χ0n) is 11.2. The largest absolute Gasteiger partial charge is 0.480 e. The summed E-state index contributed by atoms with van der Waals surface area (Å²) in [5.74, 6) is -1.47. The fraction of sp³-hybridized carbons (Fsp3) is 0.769. The van der Waals surface area contributed by atoms with Crippen LogP contribution < -0.4 is 0 Å². The number of likely N-dealkylation sites (tertiary alicyclic amines) is 2. The predicted molar refractivity (Wildman–Crippen MR) is 67.3 cm³/mol. The van der Waals surface area contributed by atoms with Crippen LogP contribution in [0, 0.1) is 5.92 Å². The average molecular weight is 268 g/mol. The molecule has 0 spiro atoms. The quantitative estimate of drug-likeness (QED) is 0.796. The van der Waals surface area contributed by atoms with Crippen molar-refractivity contribution >= 4 is 17.8 Å². The van der Waals surface area contributed by atoms with E-state index in [1.807, 2.05) is 6.92 Å². The van der Waals surface area contributed by atoms with E-state index in [1.54, 1.807) is 4.90 Å². The molecule has 2 amide bonds. The van der Waals surface area contributed by atoms with Crippen molar-refractivity contribution in [3.05, 3.63) is 0 Å². The highest BCUT2D eigenvalue weighted by Gasteiger charge is 2.41. The third-order valence-electron chi connectivity index (χ3n) is 3.88. The van der Waals surface area contributed by atoms with Crippen molar-refractivity contribution < 1.29 is 19.5 Å². The summed E-state index contributed by atoms with van der Waals surface area (Å²) < 4.78 is 0. The van der Waals surface area contributed by atoms with Crippen LogP contribution in [0.15, 0.2) is 0 Å². The number of aliphatic carboxylic acids is 1. The van der Waals surface area contributed by atoms with Crippen LogP contribution in [0.5, 0.6) is 0 Å². The third kappa shape index (κ3) is 2.72. The summed E-state index contributed by atoms with van der Waals surface area (Å²) in [5, 5.41) is 9.09. The van der Waals surface area contributed by atoms with Crippen molar-refractivity contribution in [1.82, 2.24) is 9.80 Å². The molecule has 2 heterocycles. The van der Waals surface area contributed by atoms with Gasteiger partial charge in [0, 0.05) is 26.1 Å². The van der Waals surface area contributed by atoms with Gasteiger partial charge in [-0.3, -0.25) is 9.59 Å². The van der Waals surface area contributed by atoms with Crippen molar-refractivity contribution in [1.29, 1.82) is 0 Å². The first-order chi connectivity index (χ1) is 9.04. The van der Waals surface area contributed by atoms with E-state index in [9.17, 15) is 14.4 Å². The van der Waals surface area contributed by atoms with Crippen LogP contribution in [0.2, 0.25) is 0 Å². The fourth-order valence-corrected chi connectivity index (χ4v) is 2.95. The maximum absolute atomic E-state index is 12.3. The van der Waals surface area contributed by atoms with Gasteiger partial charge in [0.25, 0.3) is 0 Å². The molecule has 0 radical (unpaired) electrons. The predicted octanol–water partition coefficient (Wildman–Crippen LogP) is 0.320. The molecule has 6 heteroatoms. The monoisotopic (exact) mass is 268 g/mol. The number of hydrogen-bond donors (Lipinski definition) is 1. The summed E-state index contributed by atoms with van der Waals surface area (Å²) >= 11 is 0. The minimum atomic E-state index is -0.944. The molecule has 2 atom stereocenters. The smallest absolute Gasteiger partial charge is 0.326 e. The standard InChI is InChI=1S/C13H20N2O4/c1-2-5-14-8-9(7-11(14)16)12(17)15-6-3-4-10(15)13(18)19/h9-10H,2-8H2,1H3,(H,18,19). The number of amides is 2. The lowest BCUT2D eigenvalue weighted by molar-refractivity contribution is -0.149. The van der Waals surface area contributed by atoms with Gasteiger partial charge < -0.3 is 14.9 Å². The molecule has 2 aliphatic rings. The molecule has 19 heavy (non-hydrogen) atoms. The molecule has 0 aliphatic carbocycles. The molecule has 0 saturated carbocycles. The molecule has 2 fully saturated rings. The first-order valence-corrected chi connectivity index (χ1v) is 6.85. The second-order valence-electron chi connectivity index (χ2n) is 5.27. The van der Waals surface area contributed by atoms with E-state index in [2.05, 4.69) is 0 Å². The van der Waals surface area contributed by atoms with Gasteiger partial charge in [0.05, 0.1) is 5.92 Å². The number of carboxylic acids is 1. The van der Waals surface area contributed by atoms with Crippen LogP contribution in [0.25, 0.3) is 0 Å². The normalized spacial score (nSPS) is 27.1. The van der Waals surface area contributed by atoms with Crippen LogP contribution in [-0.4, -0.2) is 58.4 Å². The van der Waals surface area contributed by atoms with Gasteiger partial charge in [0.2, 0.25) is 11.8 Å². The third-order valence-corrected chi connectivity index (χ3v) is 3.88. The van der Waals surface area contributed by atoms with Gasteiger partial charge in [-0.05, 0) is 19.3 Å². The molecule has 0 aromatic rings. The van der Waals surface area contributed by atoms with E-state index in [1.165, 1.54) is 4.90 Å². The molecule has 2 unspecified atom stereocenters. The van der Waals surface area contributed by atoms with Crippen LogP contribution in [0.3, 0.4) is 0 Å². The Morgan fingerprint density at radius 3 is 2.79 bits per heavy atom. The molecule has 2 saturated heterocycles. The Morgan fingerprint density at radius 1 is 1.42 bits per heavy atom. The Morgan fingerprint density at radius 2 is 2.16 bits per heavy atom. The van der Waals surface area contributed by atoms with Gasteiger partial charge in [0.15, 0.2) is 0 Å². The number of rotatable bonds is 4. The molecule has 2 aliphatic heterocycles. The number of nitrogens with zero attached hydrogens (tertiary/aromatic N) is 2. The molecule has 2 rings (SSSR count). The van der Waals surface area contributed by atoms with Gasteiger partial charge in [-0.25, -0.2) is 4.79 Å². The van der Waals surface area contributed by atoms with Crippen LogP contribution in [-0.2, 0) is 14.4 Å². The molecule has 0 aromatic heterocycles. The molecule has 106 valence electrons. The average Bonchev–Trinajstić information content (AvgIpc) is 2.96. The Balaban J connectivity index is 2.01. The number of carbonyl (C=O) groups is 3. The zero-order valence-corrected chi connectivity index (χ0v) is 11.2. The van der Waals surface area contributed by atoms with E-state index >= 15 is 0 Å². The summed E-state index contributed by atoms with van der Waals surface area (Å²) in [7, 11) is 0. The summed E-state index contributed by atoms with van der Waals surface area (Å²) in [5.41, 5.74) is 0. The van der Waals surface area contributed by atoms with Gasteiger partial charge >= 0.3 is 5.97 Å². The first-order valence-electron chi connectivity index (χ1n) is 6.85. The Labute approximate surface area is 112 Å². The van der Waals surface area contributed by atoms with Crippen molar-refractivity contribution in [3.63, 3.8) is 0 Å². The number of hydrogen-bond acceptors (Lipinski definition) is 3. The Hall–Kier alpha value is -1.59. The van der Waals surface area contributed by atoms with Gasteiger partial charge in [-0.2, -0.15) is 0 Å². The molecular weight excluding hydrogens is 248 g/mol. The van der Waals surface area contributed by atoms with Gasteiger partial charge in [-0.15, -0.1) is 0 Å². The van der Waals surface area contributed by atoms with Crippen molar-refractivity contribution in [2.75, 3.05) is 19.6 Å². The summed E-state index contributed by atoms with van der Waals surface area (Å²) in [4.78, 5) is 38.3. The summed E-state index contributed by atoms with van der Waals surface area (Å²) in [6.07, 6.45) is 2.33. The van der Waals surface area contributed by atoms with E-state index in [0.717, 1.165) is 12.8 Å². The SMILES string of the molecule is CCCN1CC(C(=O)N2CCCC2C(=O)O)CC1=O. The van der Waals surface area contributed by atoms with E-state index in [-0.39, 0.29) is 24.2 Å². The van der Waals surface area contributed by atoms with Crippen LogP contribution in [0.4, 0.5) is 0 Å². The van der Waals surface area contributed by atoms with Crippen LogP contribution in [0.1, 0.15) is 32.6 Å². The lowest BCUT2D eigenvalue weighted by atomic mass is 10.1. The molecular formula is C13H20N2O4. The summed E-state index contributed by atoms with van der Waals surface area (Å²) in [6, 6.07) is -0.706. The second-order valence-corrected chi connectivity index (χ2v) is 5.27. The van der Waals surface area contributed by atoms with Crippen LogP contribution >= 0.6 is 0 Å². The minimum absolute atomic E-state index is 0.00581. The molecule has 1 N–H and O–H groups in total. The topological polar surface area (TPSA) is 77.9 Å². The van der Waals surface area contributed by atoms with E-state index in [0.29, 0.717) is 26.1 Å². The molecule has 0 aromatic carbocycles. The maximum Gasteiger partial charge on any atom is 0.326 e. The van der Waals surface area contributed by atoms with E-state index in [4.69, 9.17) is 5.11 Å². The molecule has 0 bridgehead atoms.